The highest BCUT2D eigenvalue weighted by atomic mass is 32.1. The van der Waals surface area contributed by atoms with Gasteiger partial charge in [0.2, 0.25) is 5.91 Å². The van der Waals surface area contributed by atoms with E-state index in [4.69, 9.17) is 9.72 Å². The molecule has 1 amide bonds. The van der Waals surface area contributed by atoms with E-state index in [0.717, 1.165) is 36.8 Å². The van der Waals surface area contributed by atoms with Crippen molar-refractivity contribution in [2.75, 3.05) is 33.4 Å². The SMILES string of the molecule is COCC(=O)N1CCC(O)(c2csc(CN3CCc4ccccc4C3)n2)CC1. The van der Waals surface area contributed by atoms with E-state index in [0.29, 0.717) is 25.9 Å². The number of ether oxygens (including phenoxy) is 1. The third kappa shape index (κ3) is 4.12. The van der Waals surface area contributed by atoms with E-state index in [9.17, 15) is 9.90 Å². The van der Waals surface area contributed by atoms with Gasteiger partial charge in [-0.3, -0.25) is 9.69 Å². The van der Waals surface area contributed by atoms with Gasteiger partial charge in [0.05, 0.1) is 12.2 Å². The second-order valence-electron chi connectivity index (χ2n) is 7.70. The molecule has 2 aliphatic rings. The van der Waals surface area contributed by atoms with Gasteiger partial charge in [-0.15, -0.1) is 11.3 Å². The number of thiazole rings is 1. The van der Waals surface area contributed by atoms with Gasteiger partial charge in [-0.25, -0.2) is 4.98 Å². The zero-order chi connectivity index (χ0) is 19.6. The number of benzene rings is 1. The molecule has 1 N–H and O–H groups in total. The number of nitrogens with zero attached hydrogens (tertiary/aromatic N) is 3. The number of rotatable bonds is 5. The highest BCUT2D eigenvalue weighted by Crippen LogP contribution is 2.34. The fraction of sp³-hybridized carbons (Fsp3) is 0.524. The highest BCUT2D eigenvalue weighted by Gasteiger charge is 2.37. The second kappa shape index (κ2) is 8.29. The number of fused-ring (bicyclic) bond motifs is 1. The van der Waals surface area contributed by atoms with E-state index >= 15 is 0 Å². The first-order chi connectivity index (χ1) is 13.6. The van der Waals surface area contributed by atoms with Gasteiger partial charge in [-0.2, -0.15) is 0 Å². The molecular weight excluding hydrogens is 374 g/mol. The van der Waals surface area contributed by atoms with Crippen LogP contribution in [-0.2, 0) is 34.6 Å². The van der Waals surface area contributed by atoms with Crippen LogP contribution in [0.2, 0.25) is 0 Å². The maximum atomic E-state index is 12.0. The van der Waals surface area contributed by atoms with Crippen LogP contribution in [0.5, 0.6) is 0 Å². The van der Waals surface area contributed by atoms with E-state index in [-0.39, 0.29) is 12.5 Å². The van der Waals surface area contributed by atoms with Crippen LogP contribution in [0.25, 0.3) is 0 Å². The van der Waals surface area contributed by atoms with Crippen LogP contribution in [0.15, 0.2) is 29.6 Å². The predicted octanol–water partition coefficient (Wildman–Crippen LogP) is 2.16. The third-order valence-electron chi connectivity index (χ3n) is 5.81. The summed E-state index contributed by atoms with van der Waals surface area (Å²) >= 11 is 1.62. The molecule has 1 aromatic carbocycles. The van der Waals surface area contributed by atoms with Gasteiger partial charge in [0.15, 0.2) is 0 Å². The average molecular weight is 402 g/mol. The first-order valence-electron chi connectivity index (χ1n) is 9.80. The smallest absolute Gasteiger partial charge is 0.248 e. The first-order valence-corrected chi connectivity index (χ1v) is 10.7. The Balaban J connectivity index is 1.36. The molecule has 0 aliphatic carbocycles. The Morgan fingerprint density at radius 1 is 1.25 bits per heavy atom. The number of hydrogen-bond donors (Lipinski definition) is 1. The lowest BCUT2D eigenvalue weighted by Crippen LogP contribution is -2.46. The Kier molecular flexibility index (Phi) is 5.78. The number of carbonyl (C=O) groups excluding carboxylic acids is 1. The number of aliphatic hydroxyl groups is 1. The van der Waals surface area contributed by atoms with E-state index in [1.165, 1.54) is 18.2 Å². The molecule has 2 aromatic rings. The Morgan fingerprint density at radius 2 is 2.00 bits per heavy atom. The number of aromatic nitrogens is 1. The van der Waals surface area contributed by atoms with Crippen LogP contribution in [0, 0.1) is 0 Å². The second-order valence-corrected chi connectivity index (χ2v) is 8.64. The summed E-state index contributed by atoms with van der Waals surface area (Å²) in [6, 6.07) is 8.63. The summed E-state index contributed by atoms with van der Waals surface area (Å²) in [5, 5.41) is 14.1. The lowest BCUT2D eigenvalue weighted by molar-refractivity contribution is -0.139. The minimum atomic E-state index is -0.937. The number of piperidine rings is 1. The number of hydrogen-bond acceptors (Lipinski definition) is 6. The Morgan fingerprint density at radius 3 is 2.75 bits per heavy atom. The van der Waals surface area contributed by atoms with Crippen molar-refractivity contribution < 1.29 is 14.6 Å². The molecule has 6 nitrogen and oxygen atoms in total. The zero-order valence-corrected chi connectivity index (χ0v) is 17.1. The fourth-order valence-corrected chi connectivity index (χ4v) is 5.00. The summed E-state index contributed by atoms with van der Waals surface area (Å²) in [5.41, 5.74) is 2.66. The van der Waals surface area contributed by atoms with Gasteiger partial charge in [0.1, 0.15) is 17.2 Å². The monoisotopic (exact) mass is 401 g/mol. The van der Waals surface area contributed by atoms with Crippen molar-refractivity contribution in [1.82, 2.24) is 14.8 Å². The summed E-state index contributed by atoms with van der Waals surface area (Å²) in [6.45, 7) is 3.97. The molecule has 150 valence electrons. The van der Waals surface area contributed by atoms with Gasteiger partial charge in [-0.05, 0) is 30.4 Å². The van der Waals surface area contributed by atoms with Crippen molar-refractivity contribution in [3.63, 3.8) is 0 Å². The van der Waals surface area contributed by atoms with Crippen molar-refractivity contribution in [1.29, 1.82) is 0 Å². The van der Waals surface area contributed by atoms with Crippen LogP contribution < -0.4 is 0 Å². The number of likely N-dealkylation sites (tertiary alicyclic amines) is 1. The van der Waals surface area contributed by atoms with Gasteiger partial charge >= 0.3 is 0 Å². The molecule has 0 radical (unpaired) electrons. The summed E-state index contributed by atoms with van der Waals surface area (Å²) in [5.74, 6) is -0.0195. The molecule has 2 aliphatic heterocycles. The topological polar surface area (TPSA) is 65.9 Å². The fourth-order valence-electron chi connectivity index (χ4n) is 4.07. The van der Waals surface area contributed by atoms with E-state index in [2.05, 4.69) is 29.2 Å². The van der Waals surface area contributed by atoms with Crippen LogP contribution in [0.4, 0.5) is 0 Å². The highest BCUT2D eigenvalue weighted by molar-refractivity contribution is 7.09. The summed E-state index contributed by atoms with van der Waals surface area (Å²) in [4.78, 5) is 20.9. The quantitative estimate of drug-likeness (QED) is 0.832. The molecule has 4 rings (SSSR count). The molecule has 0 saturated carbocycles. The van der Waals surface area contributed by atoms with Crippen LogP contribution >= 0.6 is 11.3 Å². The first kappa shape index (κ1) is 19.5. The molecule has 7 heteroatoms. The standard InChI is InChI=1S/C21H27N3O3S/c1-27-14-20(25)24-10-7-21(26,8-11-24)18-15-28-19(22-18)13-23-9-6-16-4-2-3-5-17(16)12-23/h2-5,15,26H,6-14H2,1H3. The van der Waals surface area contributed by atoms with Crippen LogP contribution in [-0.4, -0.2) is 59.1 Å². The normalized spacial score (nSPS) is 19.4. The molecule has 0 spiro atoms. The lowest BCUT2D eigenvalue weighted by atomic mass is 9.89. The summed E-state index contributed by atoms with van der Waals surface area (Å²) in [6.07, 6.45) is 2.11. The zero-order valence-electron chi connectivity index (χ0n) is 16.3. The number of carbonyl (C=O) groups is 1. The maximum Gasteiger partial charge on any atom is 0.248 e. The average Bonchev–Trinajstić information content (AvgIpc) is 3.18. The Labute approximate surface area is 169 Å². The molecular formula is C21H27N3O3S. The predicted molar refractivity (Wildman–Crippen MR) is 108 cm³/mol. The van der Waals surface area contributed by atoms with Crippen molar-refractivity contribution in [2.24, 2.45) is 0 Å². The van der Waals surface area contributed by atoms with Gasteiger partial charge < -0.3 is 14.7 Å². The van der Waals surface area contributed by atoms with Crippen molar-refractivity contribution in [3.8, 4) is 0 Å². The van der Waals surface area contributed by atoms with Gasteiger partial charge in [0.25, 0.3) is 0 Å². The number of amides is 1. The molecule has 1 aromatic heterocycles. The van der Waals surface area contributed by atoms with Crippen LogP contribution in [0.3, 0.4) is 0 Å². The molecule has 3 heterocycles. The van der Waals surface area contributed by atoms with E-state index in [1.54, 1.807) is 16.2 Å². The summed E-state index contributed by atoms with van der Waals surface area (Å²) < 4.78 is 4.92. The van der Waals surface area contributed by atoms with E-state index < -0.39 is 5.60 Å². The van der Waals surface area contributed by atoms with Crippen molar-refractivity contribution >= 4 is 17.2 Å². The van der Waals surface area contributed by atoms with Gasteiger partial charge in [0, 0.05) is 38.7 Å². The summed E-state index contributed by atoms with van der Waals surface area (Å²) in [7, 11) is 1.52. The molecule has 0 bridgehead atoms. The van der Waals surface area contributed by atoms with E-state index in [1.807, 2.05) is 5.38 Å². The molecule has 0 unspecified atom stereocenters. The Hall–Kier alpha value is -1.80. The Bertz CT molecular complexity index is 830. The van der Waals surface area contributed by atoms with Crippen molar-refractivity contribution in [3.05, 3.63) is 51.5 Å². The minimum absolute atomic E-state index is 0.0195. The third-order valence-corrected chi connectivity index (χ3v) is 6.64. The number of methoxy groups -OCH3 is 1. The van der Waals surface area contributed by atoms with Crippen LogP contribution in [0.1, 0.15) is 34.7 Å². The van der Waals surface area contributed by atoms with Crippen molar-refractivity contribution in [2.45, 2.75) is 38.0 Å². The maximum absolute atomic E-state index is 12.0. The lowest BCUT2D eigenvalue weighted by Gasteiger charge is -2.37. The minimum Gasteiger partial charge on any atom is -0.383 e. The van der Waals surface area contributed by atoms with Gasteiger partial charge in [-0.1, -0.05) is 24.3 Å². The molecule has 0 atom stereocenters. The molecule has 28 heavy (non-hydrogen) atoms. The largest absolute Gasteiger partial charge is 0.383 e. The molecule has 1 fully saturated rings. The molecule has 1 saturated heterocycles.